The highest BCUT2D eigenvalue weighted by atomic mass is 16.5. The summed E-state index contributed by atoms with van der Waals surface area (Å²) in [6.45, 7) is 0.598. The zero-order valence-corrected chi connectivity index (χ0v) is 8.86. The fourth-order valence-electron chi connectivity index (χ4n) is 1.80. The third kappa shape index (κ3) is 2.72. The van der Waals surface area contributed by atoms with Crippen LogP contribution in [0.25, 0.3) is 0 Å². The molecule has 1 heterocycles. The molecule has 1 amide bonds. The molecule has 15 heavy (non-hydrogen) atoms. The molecule has 1 fully saturated rings. The first kappa shape index (κ1) is 11.6. The first-order valence-electron chi connectivity index (χ1n) is 5.01. The lowest BCUT2D eigenvalue weighted by atomic mass is 10.0. The zero-order valence-electron chi connectivity index (χ0n) is 8.86. The van der Waals surface area contributed by atoms with Gasteiger partial charge < -0.3 is 9.64 Å². The van der Waals surface area contributed by atoms with Gasteiger partial charge >= 0.3 is 5.97 Å². The minimum absolute atomic E-state index is 0.0491. The number of esters is 1. The van der Waals surface area contributed by atoms with E-state index in [9.17, 15) is 9.59 Å². The van der Waals surface area contributed by atoms with Crippen LogP contribution in [0.1, 0.15) is 25.7 Å². The number of methoxy groups -OCH3 is 1. The van der Waals surface area contributed by atoms with Gasteiger partial charge in [0.1, 0.15) is 6.04 Å². The van der Waals surface area contributed by atoms with Crippen molar-refractivity contribution in [2.45, 2.75) is 31.7 Å². The molecule has 0 N–H and O–H groups in total. The van der Waals surface area contributed by atoms with Gasteiger partial charge in [-0.05, 0) is 19.3 Å². The van der Waals surface area contributed by atoms with Gasteiger partial charge in [-0.3, -0.25) is 4.79 Å². The molecule has 0 bridgehead atoms. The molecule has 1 saturated heterocycles. The van der Waals surface area contributed by atoms with Crippen molar-refractivity contribution >= 4 is 11.9 Å². The van der Waals surface area contributed by atoms with E-state index in [-0.39, 0.29) is 18.3 Å². The average Bonchev–Trinajstić information content (AvgIpc) is 2.28. The summed E-state index contributed by atoms with van der Waals surface area (Å²) in [7, 11) is 1.33. The smallest absolute Gasteiger partial charge is 0.328 e. The van der Waals surface area contributed by atoms with Gasteiger partial charge in [0.05, 0.1) is 13.5 Å². The van der Waals surface area contributed by atoms with Crippen molar-refractivity contribution in [3.8, 4) is 12.3 Å². The Labute approximate surface area is 89.6 Å². The molecule has 1 aliphatic rings. The van der Waals surface area contributed by atoms with Gasteiger partial charge in [0, 0.05) is 6.54 Å². The van der Waals surface area contributed by atoms with Gasteiger partial charge in [0.15, 0.2) is 0 Å². The van der Waals surface area contributed by atoms with Crippen molar-refractivity contribution in [1.29, 1.82) is 0 Å². The summed E-state index contributed by atoms with van der Waals surface area (Å²) in [5, 5.41) is 0. The van der Waals surface area contributed by atoms with Crippen molar-refractivity contribution in [3.05, 3.63) is 0 Å². The molecule has 0 aliphatic carbocycles. The highest BCUT2D eigenvalue weighted by Crippen LogP contribution is 2.18. The Hall–Kier alpha value is -1.50. The number of terminal acetylenes is 1. The molecule has 1 rings (SSSR count). The van der Waals surface area contributed by atoms with Crippen LogP contribution >= 0.6 is 0 Å². The minimum atomic E-state index is -0.440. The van der Waals surface area contributed by atoms with Gasteiger partial charge in [-0.25, -0.2) is 4.79 Å². The standard InChI is InChI=1S/C11H15NO3/c1-3-6-10(13)12-8-5-4-7-9(12)11(14)15-2/h1,9H,4-8H2,2H3. The summed E-state index contributed by atoms with van der Waals surface area (Å²) in [4.78, 5) is 24.6. The normalized spacial score (nSPS) is 20.5. The number of likely N-dealkylation sites (tertiary alicyclic amines) is 1. The lowest BCUT2D eigenvalue weighted by molar-refractivity contribution is -0.154. The third-order valence-electron chi connectivity index (χ3n) is 2.55. The monoisotopic (exact) mass is 209 g/mol. The maximum Gasteiger partial charge on any atom is 0.328 e. The van der Waals surface area contributed by atoms with Crippen LogP contribution in [0, 0.1) is 12.3 Å². The maximum atomic E-state index is 11.6. The molecule has 0 spiro atoms. The largest absolute Gasteiger partial charge is 0.467 e. The van der Waals surface area contributed by atoms with E-state index < -0.39 is 6.04 Å². The van der Waals surface area contributed by atoms with Crippen LogP contribution in [0.4, 0.5) is 0 Å². The highest BCUT2D eigenvalue weighted by Gasteiger charge is 2.32. The van der Waals surface area contributed by atoms with E-state index in [0.29, 0.717) is 13.0 Å². The van der Waals surface area contributed by atoms with Crippen LogP contribution in [0.2, 0.25) is 0 Å². The molecule has 0 saturated carbocycles. The molecule has 82 valence electrons. The SMILES string of the molecule is C#CCC(=O)N1CCCCC1C(=O)OC. The summed E-state index contributed by atoms with van der Waals surface area (Å²) in [5.41, 5.74) is 0. The Morgan fingerprint density at radius 1 is 1.53 bits per heavy atom. The predicted molar refractivity (Wildman–Crippen MR) is 54.8 cm³/mol. The molecule has 1 unspecified atom stereocenters. The second kappa shape index (κ2) is 5.40. The van der Waals surface area contributed by atoms with Crippen LogP contribution in [-0.4, -0.2) is 36.5 Å². The lowest BCUT2D eigenvalue weighted by Gasteiger charge is -2.33. The van der Waals surface area contributed by atoms with Gasteiger partial charge in [-0.15, -0.1) is 6.42 Å². The van der Waals surface area contributed by atoms with Crippen molar-refractivity contribution < 1.29 is 14.3 Å². The summed E-state index contributed by atoms with van der Waals surface area (Å²) >= 11 is 0. The van der Waals surface area contributed by atoms with E-state index in [2.05, 4.69) is 10.7 Å². The predicted octanol–water partition coefficient (Wildman–Crippen LogP) is 0.564. The van der Waals surface area contributed by atoms with Crippen LogP contribution in [0.3, 0.4) is 0 Å². The van der Waals surface area contributed by atoms with E-state index in [1.165, 1.54) is 12.0 Å². The number of amides is 1. The van der Waals surface area contributed by atoms with Gasteiger partial charge in [0.25, 0.3) is 0 Å². The van der Waals surface area contributed by atoms with Crippen molar-refractivity contribution in [3.63, 3.8) is 0 Å². The molecule has 4 heteroatoms. The second-order valence-electron chi connectivity index (χ2n) is 3.50. The molecule has 0 aromatic carbocycles. The van der Waals surface area contributed by atoms with Gasteiger partial charge in [-0.1, -0.05) is 5.92 Å². The molecular formula is C11H15NO3. The second-order valence-corrected chi connectivity index (χ2v) is 3.50. The molecule has 1 aliphatic heterocycles. The zero-order chi connectivity index (χ0) is 11.3. The number of nitrogens with zero attached hydrogens (tertiary/aromatic N) is 1. The Balaban J connectivity index is 2.70. The number of carbonyl (C=O) groups excluding carboxylic acids is 2. The fraction of sp³-hybridized carbons (Fsp3) is 0.636. The lowest BCUT2D eigenvalue weighted by Crippen LogP contribution is -2.48. The van der Waals surface area contributed by atoms with Crippen LogP contribution in [-0.2, 0) is 14.3 Å². The highest BCUT2D eigenvalue weighted by molar-refractivity contribution is 5.85. The summed E-state index contributed by atoms with van der Waals surface area (Å²) in [5.74, 6) is 1.79. The molecule has 0 aromatic rings. The topological polar surface area (TPSA) is 46.6 Å². The van der Waals surface area contributed by atoms with Crippen LogP contribution in [0.15, 0.2) is 0 Å². The summed E-state index contributed by atoms with van der Waals surface area (Å²) in [6.07, 6.45) is 7.66. The fourth-order valence-corrected chi connectivity index (χ4v) is 1.80. The van der Waals surface area contributed by atoms with Crippen molar-refractivity contribution in [2.75, 3.05) is 13.7 Å². The van der Waals surface area contributed by atoms with Gasteiger partial charge in [0.2, 0.25) is 5.91 Å². The first-order chi connectivity index (χ1) is 7.20. The van der Waals surface area contributed by atoms with E-state index in [0.717, 1.165) is 12.8 Å². The number of carbonyl (C=O) groups is 2. The van der Waals surface area contributed by atoms with E-state index in [4.69, 9.17) is 6.42 Å². The Morgan fingerprint density at radius 2 is 2.27 bits per heavy atom. The van der Waals surface area contributed by atoms with Crippen molar-refractivity contribution in [1.82, 2.24) is 4.90 Å². The van der Waals surface area contributed by atoms with Gasteiger partial charge in [-0.2, -0.15) is 0 Å². The maximum absolute atomic E-state index is 11.6. The van der Waals surface area contributed by atoms with Crippen LogP contribution < -0.4 is 0 Å². The number of hydrogen-bond donors (Lipinski definition) is 0. The quantitative estimate of drug-likeness (QED) is 0.493. The Bertz CT molecular complexity index is 293. The number of hydrogen-bond acceptors (Lipinski definition) is 3. The van der Waals surface area contributed by atoms with E-state index in [1.807, 2.05) is 0 Å². The van der Waals surface area contributed by atoms with E-state index >= 15 is 0 Å². The molecular weight excluding hydrogens is 194 g/mol. The minimum Gasteiger partial charge on any atom is -0.467 e. The third-order valence-corrected chi connectivity index (χ3v) is 2.55. The molecule has 0 aromatic heterocycles. The molecule has 1 atom stereocenters. The van der Waals surface area contributed by atoms with E-state index in [1.54, 1.807) is 0 Å². The Kier molecular flexibility index (Phi) is 4.17. The van der Waals surface area contributed by atoms with Crippen LogP contribution in [0.5, 0.6) is 0 Å². The summed E-state index contributed by atoms with van der Waals surface area (Å²) < 4.78 is 4.66. The molecule has 0 radical (unpaired) electrons. The van der Waals surface area contributed by atoms with Crippen molar-refractivity contribution in [2.24, 2.45) is 0 Å². The number of ether oxygens (including phenoxy) is 1. The number of rotatable bonds is 2. The Morgan fingerprint density at radius 3 is 2.87 bits per heavy atom. The summed E-state index contributed by atoms with van der Waals surface area (Å²) in [6, 6.07) is -0.440. The first-order valence-corrected chi connectivity index (χ1v) is 5.01. The number of piperidine rings is 1. The average molecular weight is 209 g/mol. The molecule has 4 nitrogen and oxygen atoms in total.